The van der Waals surface area contributed by atoms with Gasteiger partial charge in [0.05, 0.1) is 0 Å². The Balaban J connectivity index is 3.77. The fraction of sp³-hybridized carbons (Fsp3) is 0.846. The lowest BCUT2D eigenvalue weighted by Gasteiger charge is -2.22. The van der Waals surface area contributed by atoms with E-state index in [-0.39, 0.29) is 12.6 Å². The van der Waals surface area contributed by atoms with E-state index in [1.54, 1.807) is 14.2 Å². The molecule has 0 aliphatic rings. The molecule has 0 aromatic heterocycles. The predicted octanol–water partition coefficient (Wildman–Crippen LogP) is 9.17. The molecule has 3 nitrogen and oxygen atoms in total. The molecule has 0 rings (SSSR count). The Bertz CT molecular complexity index is 366. The summed E-state index contributed by atoms with van der Waals surface area (Å²) in [6, 6.07) is 0. The van der Waals surface area contributed by atoms with E-state index in [9.17, 15) is 0 Å². The van der Waals surface area contributed by atoms with Crippen LogP contribution in [-0.2, 0) is 14.2 Å². The van der Waals surface area contributed by atoms with Crippen LogP contribution in [0, 0.1) is 0 Å². The third-order valence-corrected chi connectivity index (χ3v) is 6.84. The standard InChI is InChI=1S/C26H48I2O3/c1-29-25(21-17-13-9-5-3-7-11-15-19-23-27)31-26(30-2)22-18-14-10-6-4-8-12-16-20-24-28/h9-10,13-14,25-26H,3-8,11-12,15-24H2,1-2H3/b13-9-,14-10-. The second-order valence-electron chi connectivity index (χ2n) is 8.05. The first-order valence-corrected chi connectivity index (χ1v) is 15.5. The summed E-state index contributed by atoms with van der Waals surface area (Å²) in [5, 5.41) is 0. The monoisotopic (exact) mass is 662 g/mol. The maximum Gasteiger partial charge on any atom is 0.160 e. The molecule has 0 spiro atoms. The quantitative estimate of drug-likeness (QED) is 0.0339. The van der Waals surface area contributed by atoms with Gasteiger partial charge in [0.2, 0.25) is 0 Å². The van der Waals surface area contributed by atoms with Gasteiger partial charge in [-0.25, -0.2) is 0 Å². The molecular weight excluding hydrogens is 614 g/mol. The number of alkyl halides is 2. The topological polar surface area (TPSA) is 27.7 Å². The highest BCUT2D eigenvalue weighted by atomic mass is 127. The van der Waals surface area contributed by atoms with Crippen LogP contribution in [-0.4, -0.2) is 35.7 Å². The van der Waals surface area contributed by atoms with Gasteiger partial charge >= 0.3 is 0 Å². The zero-order valence-electron chi connectivity index (χ0n) is 20.2. The van der Waals surface area contributed by atoms with E-state index in [4.69, 9.17) is 14.2 Å². The van der Waals surface area contributed by atoms with Crippen LogP contribution in [0.25, 0.3) is 0 Å². The Hall–Kier alpha value is 0.820. The summed E-state index contributed by atoms with van der Waals surface area (Å²) in [7, 11) is 3.44. The molecule has 0 aliphatic heterocycles. The molecule has 0 bridgehead atoms. The fourth-order valence-corrected chi connectivity index (χ4v) is 4.44. The van der Waals surface area contributed by atoms with Crippen molar-refractivity contribution in [2.75, 3.05) is 23.1 Å². The summed E-state index contributed by atoms with van der Waals surface area (Å²) in [6.07, 6.45) is 28.4. The molecule has 0 amide bonds. The Morgan fingerprint density at radius 1 is 0.516 bits per heavy atom. The zero-order chi connectivity index (χ0) is 22.8. The van der Waals surface area contributed by atoms with Crippen molar-refractivity contribution in [2.24, 2.45) is 0 Å². The van der Waals surface area contributed by atoms with Gasteiger partial charge in [0.1, 0.15) is 0 Å². The molecule has 31 heavy (non-hydrogen) atoms. The summed E-state index contributed by atoms with van der Waals surface area (Å²) >= 11 is 4.92. The van der Waals surface area contributed by atoms with Crippen LogP contribution < -0.4 is 0 Å². The molecule has 0 aromatic rings. The van der Waals surface area contributed by atoms with Crippen molar-refractivity contribution in [3.8, 4) is 0 Å². The Kier molecular flexibility index (Phi) is 27.8. The Morgan fingerprint density at radius 2 is 0.871 bits per heavy atom. The van der Waals surface area contributed by atoms with Crippen molar-refractivity contribution in [1.29, 1.82) is 0 Å². The number of allylic oxidation sites excluding steroid dienone is 4. The van der Waals surface area contributed by atoms with Crippen molar-refractivity contribution in [2.45, 2.75) is 115 Å². The van der Waals surface area contributed by atoms with Gasteiger partial charge in [-0.05, 0) is 60.2 Å². The van der Waals surface area contributed by atoms with Gasteiger partial charge in [-0.1, -0.05) is 108 Å². The van der Waals surface area contributed by atoms with Gasteiger partial charge in [0.25, 0.3) is 0 Å². The maximum atomic E-state index is 6.00. The average molecular weight is 662 g/mol. The first-order chi connectivity index (χ1) is 15.3. The second kappa shape index (κ2) is 27.1. The normalized spacial score (nSPS) is 14.1. The average Bonchev–Trinajstić information content (AvgIpc) is 2.79. The van der Waals surface area contributed by atoms with Crippen molar-refractivity contribution >= 4 is 45.2 Å². The lowest BCUT2D eigenvalue weighted by Crippen LogP contribution is -2.25. The van der Waals surface area contributed by atoms with Crippen LogP contribution in [0.15, 0.2) is 24.3 Å². The highest BCUT2D eigenvalue weighted by Gasteiger charge is 2.14. The molecule has 0 aromatic carbocycles. The van der Waals surface area contributed by atoms with Crippen molar-refractivity contribution in [3.05, 3.63) is 24.3 Å². The van der Waals surface area contributed by atoms with E-state index in [1.165, 1.54) is 85.9 Å². The van der Waals surface area contributed by atoms with E-state index in [0.717, 1.165) is 25.7 Å². The number of halogens is 2. The molecule has 2 atom stereocenters. The van der Waals surface area contributed by atoms with Gasteiger partial charge < -0.3 is 14.2 Å². The summed E-state index contributed by atoms with van der Waals surface area (Å²) < 4.78 is 19.6. The molecule has 0 fully saturated rings. The summed E-state index contributed by atoms with van der Waals surface area (Å²) in [5.74, 6) is 0. The second-order valence-corrected chi connectivity index (χ2v) is 10.2. The first kappa shape index (κ1) is 31.8. The van der Waals surface area contributed by atoms with Gasteiger partial charge in [-0.2, -0.15) is 0 Å². The minimum atomic E-state index is -0.200. The summed E-state index contributed by atoms with van der Waals surface area (Å²) in [4.78, 5) is 0. The molecular formula is C26H48I2O3. The van der Waals surface area contributed by atoms with E-state index in [0.29, 0.717) is 0 Å². The van der Waals surface area contributed by atoms with Crippen molar-refractivity contribution in [1.82, 2.24) is 0 Å². The highest BCUT2D eigenvalue weighted by Crippen LogP contribution is 2.14. The molecule has 2 unspecified atom stereocenters. The van der Waals surface area contributed by atoms with Crippen LogP contribution in [0.1, 0.15) is 103 Å². The maximum absolute atomic E-state index is 6.00. The van der Waals surface area contributed by atoms with Gasteiger partial charge in [0, 0.05) is 27.1 Å². The van der Waals surface area contributed by atoms with Crippen LogP contribution >= 0.6 is 45.2 Å². The van der Waals surface area contributed by atoms with Crippen LogP contribution in [0.5, 0.6) is 0 Å². The number of ether oxygens (including phenoxy) is 3. The van der Waals surface area contributed by atoms with E-state index in [1.807, 2.05) is 0 Å². The zero-order valence-corrected chi connectivity index (χ0v) is 24.5. The first-order valence-electron chi connectivity index (χ1n) is 12.4. The van der Waals surface area contributed by atoms with Crippen LogP contribution in [0.4, 0.5) is 0 Å². The molecule has 0 aliphatic carbocycles. The van der Waals surface area contributed by atoms with E-state index >= 15 is 0 Å². The number of unbranched alkanes of at least 4 members (excludes halogenated alkanes) is 10. The Morgan fingerprint density at radius 3 is 1.26 bits per heavy atom. The molecule has 184 valence electrons. The minimum Gasteiger partial charge on any atom is -0.356 e. The minimum absolute atomic E-state index is 0.200. The van der Waals surface area contributed by atoms with Gasteiger partial charge in [-0.3, -0.25) is 0 Å². The highest BCUT2D eigenvalue weighted by molar-refractivity contribution is 14.1. The molecule has 0 N–H and O–H groups in total. The van der Waals surface area contributed by atoms with Crippen molar-refractivity contribution in [3.63, 3.8) is 0 Å². The van der Waals surface area contributed by atoms with Crippen molar-refractivity contribution < 1.29 is 14.2 Å². The Labute approximate surface area is 220 Å². The number of hydrogen-bond donors (Lipinski definition) is 0. The van der Waals surface area contributed by atoms with Crippen LogP contribution in [0.3, 0.4) is 0 Å². The van der Waals surface area contributed by atoms with E-state index < -0.39 is 0 Å². The lowest BCUT2D eigenvalue weighted by atomic mass is 10.1. The molecule has 0 radical (unpaired) electrons. The number of methoxy groups -OCH3 is 2. The molecule has 0 saturated heterocycles. The summed E-state index contributed by atoms with van der Waals surface area (Å²) in [5.41, 5.74) is 0. The van der Waals surface area contributed by atoms with Gasteiger partial charge in [-0.15, -0.1) is 0 Å². The smallest absolute Gasteiger partial charge is 0.160 e. The molecule has 0 saturated carbocycles. The third-order valence-electron chi connectivity index (χ3n) is 5.31. The van der Waals surface area contributed by atoms with E-state index in [2.05, 4.69) is 69.5 Å². The summed E-state index contributed by atoms with van der Waals surface area (Å²) in [6.45, 7) is 0. The fourth-order valence-electron chi connectivity index (χ4n) is 3.36. The number of rotatable bonds is 24. The molecule has 0 heterocycles. The van der Waals surface area contributed by atoms with Crippen LogP contribution in [0.2, 0.25) is 0 Å². The predicted molar refractivity (Wildman–Crippen MR) is 153 cm³/mol. The molecule has 5 heteroatoms. The SMILES string of the molecule is COC(CC/C=C\CCCCCCCI)OC(CC/C=C\CCCCCCCI)OC. The third kappa shape index (κ3) is 23.8. The number of hydrogen-bond acceptors (Lipinski definition) is 3. The lowest BCUT2D eigenvalue weighted by molar-refractivity contribution is -0.232. The van der Waals surface area contributed by atoms with Gasteiger partial charge in [0.15, 0.2) is 12.6 Å². The largest absolute Gasteiger partial charge is 0.356 e.